The van der Waals surface area contributed by atoms with Gasteiger partial charge in [0.25, 0.3) is 0 Å². The van der Waals surface area contributed by atoms with Crippen LogP contribution in [0.5, 0.6) is 0 Å². The van der Waals surface area contributed by atoms with Crippen LogP contribution in [0.4, 0.5) is 5.69 Å². The zero-order valence-electron chi connectivity index (χ0n) is 12.9. The maximum atomic E-state index is 11.8. The van der Waals surface area contributed by atoms with Gasteiger partial charge in [-0.2, -0.15) is 0 Å². The van der Waals surface area contributed by atoms with E-state index in [1.807, 2.05) is 0 Å². The van der Waals surface area contributed by atoms with Crippen LogP contribution >= 0.6 is 0 Å². The van der Waals surface area contributed by atoms with Gasteiger partial charge in [0.1, 0.15) is 6.29 Å². The first kappa shape index (κ1) is 17.9. The molecule has 1 aromatic carbocycles. The van der Waals surface area contributed by atoms with E-state index in [0.717, 1.165) is 32.0 Å². The van der Waals surface area contributed by atoms with E-state index in [0.29, 0.717) is 24.1 Å². The largest absolute Gasteiger partial charge is 0.481 e. The molecule has 0 aliphatic heterocycles. The van der Waals surface area contributed by atoms with Crippen LogP contribution in [0.3, 0.4) is 0 Å². The topological polar surface area (TPSA) is 83.5 Å². The first-order valence-electron chi connectivity index (χ1n) is 7.61. The van der Waals surface area contributed by atoms with Crippen molar-refractivity contribution in [3.8, 4) is 0 Å². The van der Waals surface area contributed by atoms with E-state index in [-0.39, 0.29) is 5.91 Å². The van der Waals surface area contributed by atoms with E-state index in [4.69, 9.17) is 5.11 Å². The van der Waals surface area contributed by atoms with Crippen LogP contribution in [0.25, 0.3) is 0 Å². The molecule has 120 valence electrons. The number of carboxylic acids is 1. The Hall–Kier alpha value is -2.17. The van der Waals surface area contributed by atoms with Crippen LogP contribution in [-0.2, 0) is 14.4 Å². The maximum absolute atomic E-state index is 11.8. The van der Waals surface area contributed by atoms with Gasteiger partial charge in [-0.3, -0.25) is 9.59 Å². The van der Waals surface area contributed by atoms with E-state index in [1.54, 1.807) is 31.2 Å². The molecule has 1 unspecified atom stereocenters. The lowest BCUT2D eigenvalue weighted by molar-refractivity contribution is -0.138. The quantitative estimate of drug-likeness (QED) is 0.513. The Kier molecular flexibility index (Phi) is 7.89. The molecule has 0 aliphatic rings. The van der Waals surface area contributed by atoms with Gasteiger partial charge in [0.05, 0.1) is 5.92 Å². The highest BCUT2D eigenvalue weighted by atomic mass is 16.4. The summed E-state index contributed by atoms with van der Waals surface area (Å²) in [5, 5.41) is 11.7. The van der Waals surface area contributed by atoms with Gasteiger partial charge in [0.15, 0.2) is 0 Å². The Morgan fingerprint density at radius 3 is 2.36 bits per heavy atom. The second-order valence-corrected chi connectivity index (χ2v) is 5.35. The maximum Gasteiger partial charge on any atom is 0.310 e. The summed E-state index contributed by atoms with van der Waals surface area (Å²) in [6.45, 7) is 1.63. The molecule has 1 amide bonds. The number of carboxylic acid groups (broad SMARTS) is 1. The van der Waals surface area contributed by atoms with Gasteiger partial charge in [-0.05, 0) is 37.5 Å². The molecule has 0 aliphatic carbocycles. The predicted octanol–water partition coefficient (Wildman–Crippen LogP) is 3.35. The summed E-state index contributed by atoms with van der Waals surface area (Å²) >= 11 is 0. The van der Waals surface area contributed by atoms with Gasteiger partial charge >= 0.3 is 5.97 Å². The highest BCUT2D eigenvalue weighted by Crippen LogP contribution is 2.18. The summed E-state index contributed by atoms with van der Waals surface area (Å²) in [4.78, 5) is 32.8. The normalized spacial score (nSPS) is 11.7. The number of aliphatic carboxylic acids is 1. The number of amides is 1. The van der Waals surface area contributed by atoms with Crippen molar-refractivity contribution in [1.29, 1.82) is 0 Å². The predicted molar refractivity (Wildman–Crippen MR) is 84.9 cm³/mol. The highest BCUT2D eigenvalue weighted by Gasteiger charge is 2.13. The molecule has 5 heteroatoms. The lowest BCUT2D eigenvalue weighted by Crippen LogP contribution is -2.11. The van der Waals surface area contributed by atoms with Crippen LogP contribution in [0.1, 0.15) is 56.9 Å². The molecule has 5 nitrogen and oxygen atoms in total. The van der Waals surface area contributed by atoms with E-state index in [9.17, 15) is 14.4 Å². The Morgan fingerprint density at radius 2 is 1.77 bits per heavy atom. The van der Waals surface area contributed by atoms with Crippen LogP contribution in [0.2, 0.25) is 0 Å². The number of anilines is 1. The summed E-state index contributed by atoms with van der Waals surface area (Å²) < 4.78 is 0. The number of carbonyl (C=O) groups is 3. The summed E-state index contributed by atoms with van der Waals surface area (Å²) in [5.74, 6) is -1.48. The fourth-order valence-corrected chi connectivity index (χ4v) is 2.09. The van der Waals surface area contributed by atoms with Crippen LogP contribution in [0, 0.1) is 0 Å². The van der Waals surface area contributed by atoms with Crippen molar-refractivity contribution >= 4 is 23.9 Å². The second-order valence-electron chi connectivity index (χ2n) is 5.35. The molecule has 1 atom stereocenters. The molecule has 2 N–H and O–H groups in total. The minimum Gasteiger partial charge on any atom is -0.481 e. The number of hydrogen-bond donors (Lipinski definition) is 2. The number of hydrogen-bond acceptors (Lipinski definition) is 3. The van der Waals surface area contributed by atoms with Crippen molar-refractivity contribution in [2.45, 2.75) is 51.4 Å². The molecule has 0 saturated carbocycles. The van der Waals surface area contributed by atoms with Gasteiger partial charge < -0.3 is 15.2 Å². The van der Waals surface area contributed by atoms with Gasteiger partial charge in [-0.25, -0.2) is 0 Å². The summed E-state index contributed by atoms with van der Waals surface area (Å²) in [7, 11) is 0. The van der Waals surface area contributed by atoms with Gasteiger partial charge in [0.2, 0.25) is 5.91 Å². The first-order chi connectivity index (χ1) is 10.5. The Labute approximate surface area is 130 Å². The second kappa shape index (κ2) is 9.71. The van der Waals surface area contributed by atoms with Crippen molar-refractivity contribution in [3.05, 3.63) is 29.8 Å². The van der Waals surface area contributed by atoms with Crippen LogP contribution < -0.4 is 5.32 Å². The van der Waals surface area contributed by atoms with E-state index in [2.05, 4.69) is 5.32 Å². The smallest absolute Gasteiger partial charge is 0.310 e. The molecule has 0 radical (unpaired) electrons. The molecule has 0 aromatic heterocycles. The summed E-state index contributed by atoms with van der Waals surface area (Å²) in [5.41, 5.74) is 1.38. The lowest BCUT2D eigenvalue weighted by Gasteiger charge is -2.09. The van der Waals surface area contributed by atoms with Crippen LogP contribution in [0.15, 0.2) is 24.3 Å². The third-order valence-corrected chi connectivity index (χ3v) is 3.54. The van der Waals surface area contributed by atoms with Crippen molar-refractivity contribution in [3.63, 3.8) is 0 Å². The first-order valence-corrected chi connectivity index (χ1v) is 7.61. The third-order valence-electron chi connectivity index (χ3n) is 3.54. The molecule has 0 spiro atoms. The summed E-state index contributed by atoms with van der Waals surface area (Å²) in [6.07, 6.45) is 5.56. The van der Waals surface area contributed by atoms with Gasteiger partial charge in [-0.1, -0.05) is 25.0 Å². The molecular weight excluding hydrogens is 282 g/mol. The number of aldehydes is 1. The minimum atomic E-state index is -0.869. The van der Waals surface area contributed by atoms with Crippen molar-refractivity contribution < 1.29 is 19.5 Å². The molecule has 0 saturated heterocycles. The third kappa shape index (κ3) is 6.52. The fraction of sp³-hybridized carbons (Fsp3) is 0.471. The van der Waals surface area contributed by atoms with Crippen molar-refractivity contribution in [1.82, 2.24) is 0 Å². The van der Waals surface area contributed by atoms with Crippen LogP contribution in [-0.4, -0.2) is 23.3 Å². The number of nitrogens with one attached hydrogen (secondary N) is 1. The summed E-state index contributed by atoms with van der Waals surface area (Å²) in [6, 6.07) is 6.87. The number of unbranched alkanes of at least 4 members (excludes halogenated alkanes) is 4. The number of benzene rings is 1. The molecule has 0 fully saturated rings. The molecule has 1 rings (SSSR count). The molecule has 0 bridgehead atoms. The fourth-order valence-electron chi connectivity index (χ4n) is 2.09. The average Bonchev–Trinajstić information content (AvgIpc) is 2.50. The highest BCUT2D eigenvalue weighted by molar-refractivity contribution is 5.90. The molecular formula is C17H23NO4. The van der Waals surface area contributed by atoms with Gasteiger partial charge in [-0.15, -0.1) is 0 Å². The Balaban J connectivity index is 2.32. The van der Waals surface area contributed by atoms with Gasteiger partial charge in [0, 0.05) is 18.5 Å². The van der Waals surface area contributed by atoms with E-state index in [1.165, 1.54) is 0 Å². The number of rotatable bonds is 10. The zero-order chi connectivity index (χ0) is 16.4. The molecule has 22 heavy (non-hydrogen) atoms. The Bertz CT molecular complexity index is 496. The van der Waals surface area contributed by atoms with E-state index >= 15 is 0 Å². The monoisotopic (exact) mass is 305 g/mol. The lowest BCUT2D eigenvalue weighted by atomic mass is 10.0. The van der Waals surface area contributed by atoms with E-state index < -0.39 is 11.9 Å². The molecule has 0 heterocycles. The van der Waals surface area contributed by atoms with Crippen molar-refractivity contribution in [2.24, 2.45) is 0 Å². The Morgan fingerprint density at radius 1 is 1.14 bits per heavy atom. The molecule has 1 aromatic rings. The number of carbonyl (C=O) groups excluding carboxylic acids is 2. The minimum absolute atomic E-state index is 0.0468. The van der Waals surface area contributed by atoms with Crippen molar-refractivity contribution in [2.75, 3.05) is 5.32 Å². The SMILES string of the molecule is CC(C(=O)O)c1ccc(NC(=O)CCCCCCC=O)cc1. The average molecular weight is 305 g/mol. The zero-order valence-corrected chi connectivity index (χ0v) is 12.9. The standard InChI is InChI=1S/C17H23NO4/c1-13(17(21)22)14-8-10-15(11-9-14)18-16(20)7-5-3-2-4-6-12-19/h8-13H,2-7H2,1H3,(H,18,20)(H,21,22).